The number of hydrogen-bond donors (Lipinski definition) is 2. The summed E-state index contributed by atoms with van der Waals surface area (Å²) in [7, 11) is 0. The van der Waals surface area contributed by atoms with E-state index >= 15 is 0 Å². The van der Waals surface area contributed by atoms with Crippen LogP contribution in [0.25, 0.3) is 0 Å². The first kappa shape index (κ1) is 15.3. The number of hydrogen-bond acceptors (Lipinski definition) is 4. The fraction of sp³-hybridized carbons (Fsp3) is 0.692. The molecular formula is C13H17F3N4O2. The van der Waals surface area contributed by atoms with Crippen molar-refractivity contribution >= 4 is 5.91 Å². The summed E-state index contributed by atoms with van der Waals surface area (Å²) in [5.74, 6) is -2.06. The van der Waals surface area contributed by atoms with Gasteiger partial charge < -0.3 is 15.4 Å². The zero-order valence-electron chi connectivity index (χ0n) is 11.8. The second-order valence-corrected chi connectivity index (χ2v) is 5.53. The Balaban J connectivity index is 1.54. The number of carbonyl (C=O) groups excluding carboxylic acids is 1. The van der Waals surface area contributed by atoms with E-state index in [1.54, 1.807) is 6.20 Å². The van der Waals surface area contributed by atoms with E-state index in [1.165, 1.54) is 0 Å². The second-order valence-electron chi connectivity index (χ2n) is 5.53. The molecular weight excluding hydrogens is 301 g/mol. The van der Waals surface area contributed by atoms with Gasteiger partial charge in [0.2, 0.25) is 5.91 Å². The average Bonchev–Trinajstić information content (AvgIpc) is 3.11. The van der Waals surface area contributed by atoms with E-state index in [2.05, 4.69) is 15.7 Å². The third-order valence-corrected chi connectivity index (χ3v) is 4.03. The standard InChI is InChI=1S/C13H17F3N4O2/c14-13(15,16)9-3-11(22-7-9)12(21)18-4-8-5-19-20-2-1-17-6-10(8)20/h5,9,11,17H,1-4,6-7H2,(H,18,21). The van der Waals surface area contributed by atoms with Crippen molar-refractivity contribution in [2.45, 2.75) is 38.3 Å². The molecule has 1 amide bonds. The number of nitrogens with zero attached hydrogens (tertiary/aromatic N) is 2. The third kappa shape index (κ3) is 3.09. The SMILES string of the molecule is O=C(NCc1cnn2c1CNCC2)C1CC(C(F)(F)F)CO1. The Hall–Kier alpha value is -1.61. The Morgan fingerprint density at radius 1 is 1.55 bits per heavy atom. The molecule has 1 fully saturated rings. The third-order valence-electron chi connectivity index (χ3n) is 4.03. The summed E-state index contributed by atoms with van der Waals surface area (Å²) >= 11 is 0. The highest BCUT2D eigenvalue weighted by atomic mass is 19.4. The molecule has 3 rings (SSSR count). The van der Waals surface area contributed by atoms with Crippen molar-refractivity contribution in [1.29, 1.82) is 0 Å². The monoisotopic (exact) mass is 318 g/mol. The maximum Gasteiger partial charge on any atom is 0.394 e. The van der Waals surface area contributed by atoms with Crippen molar-refractivity contribution in [3.8, 4) is 0 Å². The van der Waals surface area contributed by atoms with Gasteiger partial charge in [0.1, 0.15) is 6.10 Å². The van der Waals surface area contributed by atoms with Crippen LogP contribution in [0, 0.1) is 5.92 Å². The number of alkyl halides is 3. The van der Waals surface area contributed by atoms with Crippen molar-refractivity contribution < 1.29 is 22.7 Å². The van der Waals surface area contributed by atoms with Crippen LogP contribution in [-0.4, -0.2) is 41.1 Å². The average molecular weight is 318 g/mol. The molecule has 0 aromatic carbocycles. The molecule has 2 N–H and O–H groups in total. The fourth-order valence-corrected chi connectivity index (χ4v) is 2.72. The largest absolute Gasteiger partial charge is 0.394 e. The van der Waals surface area contributed by atoms with E-state index in [1.807, 2.05) is 4.68 Å². The Bertz CT molecular complexity index is 558. The number of fused-ring (bicyclic) bond motifs is 1. The van der Waals surface area contributed by atoms with E-state index in [0.29, 0.717) is 6.54 Å². The Morgan fingerprint density at radius 3 is 3.09 bits per heavy atom. The van der Waals surface area contributed by atoms with E-state index < -0.39 is 30.7 Å². The molecule has 122 valence electrons. The summed E-state index contributed by atoms with van der Waals surface area (Å²) in [5.41, 5.74) is 1.86. The van der Waals surface area contributed by atoms with Crippen LogP contribution in [0.5, 0.6) is 0 Å². The van der Waals surface area contributed by atoms with Gasteiger partial charge in [-0.05, 0) is 6.42 Å². The molecule has 1 saturated heterocycles. The molecule has 9 heteroatoms. The van der Waals surface area contributed by atoms with E-state index in [9.17, 15) is 18.0 Å². The Kier molecular flexibility index (Phi) is 4.09. The van der Waals surface area contributed by atoms with Gasteiger partial charge in [-0.15, -0.1) is 0 Å². The van der Waals surface area contributed by atoms with E-state index in [0.717, 1.165) is 24.3 Å². The van der Waals surface area contributed by atoms with Gasteiger partial charge in [-0.2, -0.15) is 18.3 Å². The predicted octanol–water partition coefficient (Wildman–Crippen LogP) is 0.570. The maximum absolute atomic E-state index is 12.6. The molecule has 1 aromatic heterocycles. The lowest BCUT2D eigenvalue weighted by Gasteiger charge is -2.17. The quantitative estimate of drug-likeness (QED) is 0.855. The van der Waals surface area contributed by atoms with Crippen molar-refractivity contribution in [3.05, 3.63) is 17.5 Å². The first-order valence-corrected chi connectivity index (χ1v) is 7.15. The number of carbonyl (C=O) groups is 1. The van der Waals surface area contributed by atoms with E-state index in [-0.39, 0.29) is 13.0 Å². The van der Waals surface area contributed by atoms with Gasteiger partial charge in [-0.1, -0.05) is 0 Å². The summed E-state index contributed by atoms with van der Waals surface area (Å²) in [4.78, 5) is 11.9. The van der Waals surface area contributed by atoms with Gasteiger partial charge in [0, 0.05) is 25.2 Å². The molecule has 1 aromatic rings. The minimum atomic E-state index is -4.31. The number of ether oxygens (including phenoxy) is 1. The summed E-state index contributed by atoms with van der Waals surface area (Å²) in [6.45, 7) is 2.07. The zero-order valence-corrected chi connectivity index (χ0v) is 11.8. The highest BCUT2D eigenvalue weighted by Gasteiger charge is 2.46. The minimum absolute atomic E-state index is 0.242. The van der Waals surface area contributed by atoms with Crippen LogP contribution in [0.1, 0.15) is 17.7 Å². The summed E-state index contributed by atoms with van der Waals surface area (Å²) in [6.07, 6.45) is -3.98. The molecule has 2 aliphatic heterocycles. The minimum Gasteiger partial charge on any atom is -0.368 e. The molecule has 2 aliphatic rings. The molecule has 0 spiro atoms. The lowest BCUT2D eigenvalue weighted by Crippen LogP contribution is -2.35. The van der Waals surface area contributed by atoms with Crippen molar-refractivity contribution in [3.63, 3.8) is 0 Å². The number of amides is 1. The number of aromatic nitrogens is 2. The normalized spacial score (nSPS) is 25.0. The first-order valence-electron chi connectivity index (χ1n) is 7.15. The van der Waals surface area contributed by atoms with Gasteiger partial charge >= 0.3 is 6.18 Å². The van der Waals surface area contributed by atoms with Crippen LogP contribution >= 0.6 is 0 Å². The lowest BCUT2D eigenvalue weighted by molar-refractivity contribution is -0.173. The highest BCUT2D eigenvalue weighted by Crippen LogP contribution is 2.35. The van der Waals surface area contributed by atoms with Crippen LogP contribution < -0.4 is 10.6 Å². The fourth-order valence-electron chi connectivity index (χ4n) is 2.72. The molecule has 2 unspecified atom stereocenters. The van der Waals surface area contributed by atoms with Gasteiger partial charge in [0.25, 0.3) is 0 Å². The molecule has 3 heterocycles. The summed E-state index contributed by atoms with van der Waals surface area (Å²) in [6, 6.07) is 0. The number of halogens is 3. The van der Waals surface area contributed by atoms with Gasteiger partial charge in [-0.25, -0.2) is 0 Å². The molecule has 22 heavy (non-hydrogen) atoms. The molecule has 2 atom stereocenters. The Labute approximate surface area is 125 Å². The molecule has 0 aliphatic carbocycles. The predicted molar refractivity (Wildman–Crippen MR) is 69.7 cm³/mol. The maximum atomic E-state index is 12.6. The van der Waals surface area contributed by atoms with Gasteiger partial charge in [-0.3, -0.25) is 9.48 Å². The van der Waals surface area contributed by atoms with E-state index in [4.69, 9.17) is 4.74 Å². The van der Waals surface area contributed by atoms with Crippen molar-refractivity contribution in [2.24, 2.45) is 5.92 Å². The Morgan fingerprint density at radius 2 is 2.36 bits per heavy atom. The highest BCUT2D eigenvalue weighted by molar-refractivity contribution is 5.81. The lowest BCUT2D eigenvalue weighted by atomic mass is 10.1. The molecule has 0 bridgehead atoms. The van der Waals surface area contributed by atoms with Crippen LogP contribution in [0.15, 0.2) is 6.20 Å². The first-order chi connectivity index (χ1) is 10.4. The molecule has 0 saturated carbocycles. The number of nitrogens with one attached hydrogen (secondary N) is 2. The van der Waals surface area contributed by atoms with Gasteiger partial charge in [0.15, 0.2) is 0 Å². The number of rotatable bonds is 3. The summed E-state index contributed by atoms with van der Waals surface area (Å²) in [5, 5.41) is 10.1. The molecule has 6 nitrogen and oxygen atoms in total. The smallest absolute Gasteiger partial charge is 0.368 e. The van der Waals surface area contributed by atoms with Crippen LogP contribution in [0.4, 0.5) is 13.2 Å². The molecule has 0 radical (unpaired) electrons. The topological polar surface area (TPSA) is 68.2 Å². The van der Waals surface area contributed by atoms with Crippen LogP contribution in [-0.2, 0) is 29.2 Å². The summed E-state index contributed by atoms with van der Waals surface area (Å²) < 4.78 is 44.5. The zero-order chi connectivity index (χ0) is 15.7. The van der Waals surface area contributed by atoms with Crippen LogP contribution in [0.2, 0.25) is 0 Å². The van der Waals surface area contributed by atoms with Gasteiger partial charge in [0.05, 0.1) is 31.0 Å². The van der Waals surface area contributed by atoms with Crippen LogP contribution in [0.3, 0.4) is 0 Å². The van der Waals surface area contributed by atoms with Crippen molar-refractivity contribution in [1.82, 2.24) is 20.4 Å². The second kappa shape index (κ2) is 5.88. The van der Waals surface area contributed by atoms with Crippen molar-refractivity contribution in [2.75, 3.05) is 13.2 Å².